The van der Waals surface area contributed by atoms with Crippen LogP contribution in [-0.4, -0.2) is 26.4 Å². The van der Waals surface area contributed by atoms with E-state index in [0.717, 1.165) is 66.8 Å². The number of allylic oxidation sites excluding steroid dienone is 2. The van der Waals surface area contributed by atoms with Crippen molar-refractivity contribution in [1.82, 2.24) is 15.0 Å². The molecule has 284 valence electrons. The van der Waals surface area contributed by atoms with Crippen molar-refractivity contribution in [2.75, 3.05) is 0 Å². The highest BCUT2D eigenvalue weighted by atomic mass is 15.0. The Morgan fingerprint density at radius 2 is 0.600 bits per heavy atom. The molecule has 1 heterocycles. The molecule has 0 saturated heterocycles. The summed E-state index contributed by atoms with van der Waals surface area (Å²) in [5, 5.41) is 17.3. The molecule has 0 spiro atoms. The van der Waals surface area contributed by atoms with Crippen molar-refractivity contribution in [3.63, 3.8) is 0 Å². The molecule has 0 amide bonds. The monoisotopic (exact) mass is 769 g/mol. The molecule has 0 fully saturated rings. The van der Waals surface area contributed by atoms with E-state index in [2.05, 4.69) is 103 Å². The molecule has 2 N–H and O–H groups in total. The van der Waals surface area contributed by atoms with Crippen LogP contribution < -0.4 is 0 Å². The van der Waals surface area contributed by atoms with Crippen LogP contribution in [0.5, 0.6) is 0 Å². The van der Waals surface area contributed by atoms with Gasteiger partial charge in [-0.05, 0) is 67.8 Å². The Kier molecular flexibility index (Phi) is 10.7. The average Bonchev–Trinajstić information content (AvgIpc) is 3.34. The molecule has 0 unspecified atom stereocenters. The number of nitrogens with one attached hydrogen (secondary N) is 2. The fourth-order valence-electron chi connectivity index (χ4n) is 7.35. The summed E-state index contributed by atoms with van der Waals surface area (Å²) in [6, 6.07) is 71.9. The van der Waals surface area contributed by atoms with E-state index in [9.17, 15) is 0 Å². The molecule has 8 aromatic carbocycles. The number of nitrogens with zero attached hydrogens (tertiary/aromatic N) is 3. The van der Waals surface area contributed by atoms with Gasteiger partial charge in [-0.2, -0.15) is 0 Å². The molecular weight excluding hydrogens is 731 g/mol. The molecule has 0 atom stereocenters. The average molecular weight is 770 g/mol. The second-order valence-corrected chi connectivity index (χ2v) is 14.4. The first-order valence-corrected chi connectivity index (χ1v) is 19.9. The third-order valence-electron chi connectivity index (χ3n) is 10.5. The molecule has 9 rings (SSSR count). The van der Waals surface area contributed by atoms with Crippen molar-refractivity contribution in [2.45, 2.75) is 0 Å². The smallest absolute Gasteiger partial charge is 0.164 e. The maximum absolute atomic E-state index is 8.82. The summed E-state index contributed by atoms with van der Waals surface area (Å²) >= 11 is 0. The Balaban J connectivity index is 1.10. The van der Waals surface area contributed by atoms with Crippen molar-refractivity contribution < 1.29 is 0 Å². The van der Waals surface area contributed by atoms with Crippen molar-refractivity contribution in [3.8, 4) is 78.7 Å². The third-order valence-corrected chi connectivity index (χ3v) is 10.5. The number of rotatable bonds is 11. The molecule has 5 nitrogen and oxygen atoms in total. The van der Waals surface area contributed by atoms with E-state index in [1.807, 2.05) is 109 Å². The van der Waals surface area contributed by atoms with Gasteiger partial charge in [0.25, 0.3) is 0 Å². The summed E-state index contributed by atoms with van der Waals surface area (Å²) in [4.78, 5) is 14.8. The van der Waals surface area contributed by atoms with E-state index in [1.165, 1.54) is 5.56 Å². The normalized spacial score (nSPS) is 11.1. The SMILES string of the molecule is N=C(/C=C\C(=N)c1ccc(-c2c(-c3ccc(-c4ccccc4)cc3)cccc2-c2ccc(-c3nc(-c4ccccc4)nc(-c4ccccc4)n3)cc2)cc1)c1ccccc1. The van der Waals surface area contributed by atoms with Gasteiger partial charge in [-0.1, -0.05) is 212 Å². The quantitative estimate of drug-likeness (QED) is 0.128. The molecule has 60 heavy (non-hydrogen) atoms. The van der Waals surface area contributed by atoms with Gasteiger partial charge in [-0.25, -0.2) is 15.0 Å². The van der Waals surface area contributed by atoms with E-state index in [-0.39, 0.29) is 0 Å². The summed E-state index contributed by atoms with van der Waals surface area (Å²) in [6.07, 6.45) is 3.38. The molecule has 0 radical (unpaired) electrons. The summed E-state index contributed by atoms with van der Waals surface area (Å²) in [6.45, 7) is 0. The second kappa shape index (κ2) is 17.1. The molecule has 0 aliphatic rings. The third kappa shape index (κ3) is 8.15. The maximum atomic E-state index is 8.82. The van der Waals surface area contributed by atoms with Gasteiger partial charge < -0.3 is 10.8 Å². The zero-order chi connectivity index (χ0) is 40.7. The fraction of sp³-hybridized carbons (Fsp3) is 0. The van der Waals surface area contributed by atoms with Gasteiger partial charge in [0.15, 0.2) is 17.5 Å². The van der Waals surface area contributed by atoms with Gasteiger partial charge in [0.2, 0.25) is 0 Å². The predicted molar refractivity (Wildman–Crippen MR) is 247 cm³/mol. The van der Waals surface area contributed by atoms with Gasteiger partial charge in [-0.3, -0.25) is 0 Å². The molecule has 0 saturated carbocycles. The van der Waals surface area contributed by atoms with Crippen LogP contribution in [0.1, 0.15) is 11.1 Å². The Labute approximate surface area is 350 Å². The lowest BCUT2D eigenvalue weighted by Gasteiger charge is -2.17. The summed E-state index contributed by atoms with van der Waals surface area (Å²) in [7, 11) is 0. The standard InChI is InChI=1S/C55H39N5/c56-50(42-16-7-2-8-17-42)36-37-51(57)43-30-32-44(33-31-43)52-48(40-26-24-39(25-27-40)38-14-5-1-6-15-38)22-13-23-49(52)41-28-34-47(35-29-41)55-59-53(45-18-9-3-10-19-45)58-54(60-55)46-20-11-4-12-21-46/h1-37,56-57H/b37-36-,56-50?,57-51?. The van der Waals surface area contributed by atoms with Crippen molar-refractivity contribution in [3.05, 3.63) is 236 Å². The Hall–Kier alpha value is -8.15. The van der Waals surface area contributed by atoms with Crippen molar-refractivity contribution in [2.24, 2.45) is 0 Å². The molecule has 1 aromatic heterocycles. The van der Waals surface area contributed by atoms with Crippen LogP contribution >= 0.6 is 0 Å². The van der Waals surface area contributed by atoms with Gasteiger partial charge in [0.1, 0.15) is 0 Å². The first kappa shape index (κ1) is 37.4. The lowest BCUT2D eigenvalue weighted by molar-refractivity contribution is 1.07. The minimum absolute atomic E-state index is 0.340. The van der Waals surface area contributed by atoms with E-state index in [1.54, 1.807) is 12.2 Å². The summed E-state index contributed by atoms with van der Waals surface area (Å²) < 4.78 is 0. The van der Waals surface area contributed by atoms with E-state index >= 15 is 0 Å². The van der Waals surface area contributed by atoms with E-state index < -0.39 is 0 Å². The maximum Gasteiger partial charge on any atom is 0.164 e. The minimum atomic E-state index is 0.340. The highest BCUT2D eigenvalue weighted by Crippen LogP contribution is 2.41. The molecule has 0 bridgehead atoms. The Morgan fingerprint density at radius 1 is 0.283 bits per heavy atom. The van der Waals surface area contributed by atoms with Crippen LogP contribution in [0.25, 0.3) is 78.7 Å². The molecule has 0 aliphatic carbocycles. The largest absolute Gasteiger partial charge is 0.300 e. The second-order valence-electron chi connectivity index (χ2n) is 14.4. The van der Waals surface area contributed by atoms with Crippen LogP contribution in [0.3, 0.4) is 0 Å². The zero-order valence-corrected chi connectivity index (χ0v) is 32.7. The van der Waals surface area contributed by atoms with Crippen molar-refractivity contribution in [1.29, 1.82) is 10.8 Å². The lowest BCUT2D eigenvalue weighted by Crippen LogP contribution is -2.00. The van der Waals surface area contributed by atoms with Gasteiger partial charge >= 0.3 is 0 Å². The van der Waals surface area contributed by atoms with E-state index in [4.69, 9.17) is 25.8 Å². The number of hydrogen-bond acceptors (Lipinski definition) is 5. The van der Waals surface area contributed by atoms with Gasteiger partial charge in [0, 0.05) is 16.7 Å². The van der Waals surface area contributed by atoms with Crippen LogP contribution in [0.4, 0.5) is 0 Å². The topological polar surface area (TPSA) is 86.4 Å². The van der Waals surface area contributed by atoms with Crippen LogP contribution in [0.2, 0.25) is 0 Å². The van der Waals surface area contributed by atoms with Crippen LogP contribution in [0, 0.1) is 10.8 Å². The molecule has 5 heteroatoms. The number of benzene rings is 8. The number of aromatic nitrogens is 3. The van der Waals surface area contributed by atoms with E-state index in [0.29, 0.717) is 28.9 Å². The van der Waals surface area contributed by atoms with Crippen LogP contribution in [0.15, 0.2) is 224 Å². The zero-order valence-electron chi connectivity index (χ0n) is 32.7. The first-order chi connectivity index (χ1) is 29.6. The van der Waals surface area contributed by atoms with Gasteiger partial charge in [-0.15, -0.1) is 0 Å². The molecular formula is C55H39N5. The minimum Gasteiger partial charge on any atom is -0.300 e. The molecule has 0 aliphatic heterocycles. The summed E-state index contributed by atoms with van der Waals surface area (Å²) in [5.41, 5.74) is 13.8. The Morgan fingerprint density at radius 3 is 1.05 bits per heavy atom. The van der Waals surface area contributed by atoms with Crippen molar-refractivity contribution >= 4 is 11.4 Å². The first-order valence-electron chi connectivity index (χ1n) is 19.9. The highest BCUT2D eigenvalue weighted by Gasteiger charge is 2.17. The number of hydrogen-bond donors (Lipinski definition) is 2. The highest BCUT2D eigenvalue weighted by molar-refractivity contribution is 6.14. The van der Waals surface area contributed by atoms with Gasteiger partial charge in [0.05, 0.1) is 11.4 Å². The summed E-state index contributed by atoms with van der Waals surface area (Å²) in [5.74, 6) is 1.85. The predicted octanol–water partition coefficient (Wildman–Crippen LogP) is 13.5. The molecule has 9 aromatic rings. The lowest BCUT2D eigenvalue weighted by atomic mass is 9.86. The fourth-order valence-corrected chi connectivity index (χ4v) is 7.35. The Bertz CT molecular complexity index is 2890. The van der Waals surface area contributed by atoms with Crippen LogP contribution in [-0.2, 0) is 0 Å².